The Hall–Kier alpha value is -2.69. The van der Waals surface area contributed by atoms with Crippen molar-refractivity contribution in [2.24, 2.45) is 0 Å². The lowest BCUT2D eigenvalue weighted by atomic mass is 9.92. The molecule has 1 aliphatic rings. The number of aromatic hydroxyl groups is 3. The van der Waals surface area contributed by atoms with Gasteiger partial charge < -0.3 is 20.1 Å². The molecule has 1 aliphatic heterocycles. The lowest BCUT2D eigenvalue weighted by Gasteiger charge is -2.33. The summed E-state index contributed by atoms with van der Waals surface area (Å²) in [6.07, 6.45) is 16.2. The second-order valence-electron chi connectivity index (χ2n) is 11.0. The lowest BCUT2D eigenvalue weighted by Crippen LogP contribution is -2.32. The summed E-state index contributed by atoms with van der Waals surface area (Å²) in [6.45, 7) is 4.21. The van der Waals surface area contributed by atoms with Gasteiger partial charge in [-0.2, -0.15) is 0 Å². The first-order chi connectivity index (χ1) is 17.2. The number of unbranched alkanes of at least 4 members (excludes halogenated alkanes) is 10. The van der Waals surface area contributed by atoms with Crippen molar-refractivity contribution in [2.45, 2.75) is 116 Å². The maximum absolute atomic E-state index is 12.2. The number of phenols is 3. The molecule has 198 valence electrons. The zero-order valence-corrected chi connectivity index (χ0v) is 22.2. The van der Waals surface area contributed by atoms with E-state index in [1.54, 1.807) is 0 Å². The first-order valence-electron chi connectivity index (χ1n) is 13.8. The number of aryl methyl sites for hydroxylation is 1. The van der Waals surface area contributed by atoms with Gasteiger partial charge in [0.05, 0.1) is 0 Å². The number of phenolic OH excluding ortho intramolecular Hbond substituents is 3. The Kier molecular flexibility index (Phi) is 10.5. The fourth-order valence-corrected chi connectivity index (χ4v) is 5.05. The van der Waals surface area contributed by atoms with Gasteiger partial charge in [0.2, 0.25) is 0 Å². The Labute approximate surface area is 216 Å². The molecule has 2 aromatic carbocycles. The average Bonchev–Trinajstić information content (AvgIpc) is 2.80. The van der Waals surface area contributed by atoms with E-state index < -0.39 is 0 Å². The Bertz CT molecular complexity index is 974. The number of ketones is 1. The van der Waals surface area contributed by atoms with Crippen molar-refractivity contribution >= 4 is 5.78 Å². The first-order valence-corrected chi connectivity index (χ1v) is 13.8. The summed E-state index contributed by atoms with van der Waals surface area (Å²) < 4.78 is 6.10. The summed E-state index contributed by atoms with van der Waals surface area (Å²) in [5, 5.41) is 29.4. The molecule has 0 unspecified atom stereocenters. The first kappa shape index (κ1) is 27.9. The summed E-state index contributed by atoms with van der Waals surface area (Å²) in [6, 6.07) is 8.11. The van der Waals surface area contributed by atoms with Gasteiger partial charge in [0.25, 0.3) is 0 Å². The van der Waals surface area contributed by atoms with Gasteiger partial charge in [0.15, 0.2) is 5.78 Å². The molecule has 5 heteroatoms. The molecule has 3 N–H and O–H groups in total. The fraction of sp³-hybridized carbons (Fsp3) is 0.581. The van der Waals surface area contributed by atoms with Gasteiger partial charge in [-0.05, 0) is 75.8 Å². The van der Waals surface area contributed by atoms with Crippen molar-refractivity contribution in [1.29, 1.82) is 0 Å². The summed E-state index contributed by atoms with van der Waals surface area (Å²) in [4.78, 5) is 12.2. The van der Waals surface area contributed by atoms with E-state index in [0.717, 1.165) is 56.3 Å². The second-order valence-corrected chi connectivity index (χ2v) is 11.0. The highest BCUT2D eigenvalue weighted by atomic mass is 16.5. The third kappa shape index (κ3) is 9.07. The van der Waals surface area contributed by atoms with Crippen LogP contribution in [0.2, 0.25) is 0 Å². The predicted octanol–water partition coefficient (Wildman–Crippen LogP) is 8.01. The predicted molar refractivity (Wildman–Crippen MR) is 144 cm³/mol. The molecule has 0 atom stereocenters. The van der Waals surface area contributed by atoms with Gasteiger partial charge in [0, 0.05) is 23.6 Å². The topological polar surface area (TPSA) is 87.0 Å². The molecule has 5 nitrogen and oxygen atoms in total. The van der Waals surface area contributed by atoms with Crippen molar-refractivity contribution in [3.05, 3.63) is 47.0 Å². The highest BCUT2D eigenvalue weighted by Gasteiger charge is 2.28. The Balaban J connectivity index is 1.17. The summed E-state index contributed by atoms with van der Waals surface area (Å²) in [7, 11) is 0. The number of rotatable bonds is 15. The molecule has 0 fully saturated rings. The molecule has 0 aliphatic carbocycles. The van der Waals surface area contributed by atoms with E-state index in [2.05, 4.69) is 19.9 Å². The highest BCUT2D eigenvalue weighted by molar-refractivity contribution is 5.96. The third-order valence-corrected chi connectivity index (χ3v) is 7.20. The largest absolute Gasteiger partial charge is 0.508 e. The van der Waals surface area contributed by atoms with Crippen LogP contribution in [0.3, 0.4) is 0 Å². The van der Waals surface area contributed by atoms with Crippen molar-refractivity contribution < 1.29 is 24.9 Å². The van der Waals surface area contributed by atoms with Crippen LogP contribution in [-0.2, 0) is 12.8 Å². The summed E-state index contributed by atoms with van der Waals surface area (Å²) >= 11 is 0. The highest BCUT2D eigenvalue weighted by Crippen LogP contribution is 2.39. The molecule has 36 heavy (non-hydrogen) atoms. The minimum atomic E-state index is -0.156. The summed E-state index contributed by atoms with van der Waals surface area (Å²) in [5.74, 6) is 1.08. The molecule has 1 heterocycles. The minimum Gasteiger partial charge on any atom is -0.508 e. The molecule has 0 saturated carbocycles. The van der Waals surface area contributed by atoms with Crippen LogP contribution in [0.5, 0.6) is 23.0 Å². The van der Waals surface area contributed by atoms with E-state index in [-0.39, 0.29) is 22.9 Å². The van der Waals surface area contributed by atoms with E-state index in [1.807, 2.05) is 6.07 Å². The number of fused-ring (bicyclic) bond motifs is 1. The normalized spacial score (nSPS) is 14.3. The quantitative estimate of drug-likeness (QED) is 0.172. The molecule has 0 radical (unpaired) electrons. The monoisotopic (exact) mass is 496 g/mol. The van der Waals surface area contributed by atoms with Crippen LogP contribution in [0.1, 0.15) is 119 Å². The third-order valence-electron chi connectivity index (χ3n) is 7.20. The van der Waals surface area contributed by atoms with Crippen molar-refractivity contribution in [2.75, 3.05) is 0 Å². The van der Waals surface area contributed by atoms with Crippen LogP contribution < -0.4 is 4.74 Å². The average molecular weight is 497 g/mol. The van der Waals surface area contributed by atoms with Gasteiger partial charge >= 0.3 is 0 Å². The van der Waals surface area contributed by atoms with Crippen molar-refractivity contribution in [3.8, 4) is 23.0 Å². The molecular formula is C31H44O5. The van der Waals surface area contributed by atoms with Gasteiger partial charge in [-0.15, -0.1) is 0 Å². The van der Waals surface area contributed by atoms with E-state index in [4.69, 9.17) is 4.74 Å². The molecule has 0 amide bonds. The number of ether oxygens (including phenoxy) is 1. The summed E-state index contributed by atoms with van der Waals surface area (Å²) in [5.41, 5.74) is 2.36. The molecule has 2 aromatic rings. The lowest BCUT2D eigenvalue weighted by molar-refractivity contribution is 0.0836. The van der Waals surface area contributed by atoms with Crippen LogP contribution in [0, 0.1) is 0 Å². The van der Waals surface area contributed by atoms with Crippen LogP contribution in [0.4, 0.5) is 0 Å². The van der Waals surface area contributed by atoms with E-state index in [1.165, 1.54) is 68.7 Å². The van der Waals surface area contributed by atoms with Crippen LogP contribution in [0.15, 0.2) is 30.3 Å². The van der Waals surface area contributed by atoms with Crippen molar-refractivity contribution in [1.82, 2.24) is 0 Å². The van der Waals surface area contributed by atoms with E-state index in [0.29, 0.717) is 17.7 Å². The van der Waals surface area contributed by atoms with Gasteiger partial charge in [0.1, 0.15) is 28.6 Å². The van der Waals surface area contributed by atoms with Gasteiger partial charge in [-0.1, -0.05) is 57.8 Å². The zero-order valence-electron chi connectivity index (χ0n) is 22.2. The number of hydrogen-bond acceptors (Lipinski definition) is 5. The number of carbonyl (C=O) groups excluding carboxylic acids is 1. The van der Waals surface area contributed by atoms with Crippen LogP contribution in [-0.4, -0.2) is 26.7 Å². The Morgan fingerprint density at radius 2 is 1.33 bits per heavy atom. The molecule has 0 saturated heterocycles. The maximum atomic E-state index is 12.2. The Morgan fingerprint density at radius 1 is 0.778 bits per heavy atom. The smallest absolute Gasteiger partial charge is 0.163 e. The fourth-order valence-electron chi connectivity index (χ4n) is 5.05. The zero-order chi connectivity index (χ0) is 26.0. The molecule has 0 bridgehead atoms. The van der Waals surface area contributed by atoms with Gasteiger partial charge in [-0.25, -0.2) is 0 Å². The van der Waals surface area contributed by atoms with Crippen LogP contribution in [0.25, 0.3) is 0 Å². The molecular weight excluding hydrogens is 452 g/mol. The number of Topliss-reactive ketones (excluding diaryl/α,β-unsaturated/α-hetero) is 1. The number of benzene rings is 2. The standard InChI is InChI=1S/C31H44O5/c1-31(2)17-16-27-29(35)18-23(19-30(27)36-31)14-12-10-8-6-4-3-5-7-9-11-13-15-28(34)24-20-25(32)22-26(33)21-24/h18-22,32-33,35H,3-17H2,1-2H3. The van der Waals surface area contributed by atoms with E-state index >= 15 is 0 Å². The number of hydrogen-bond donors (Lipinski definition) is 3. The molecule has 0 aromatic heterocycles. The minimum absolute atomic E-state index is 0.0260. The molecule has 0 spiro atoms. The second kappa shape index (κ2) is 13.6. The number of carbonyl (C=O) groups is 1. The Morgan fingerprint density at radius 3 is 1.94 bits per heavy atom. The van der Waals surface area contributed by atoms with E-state index in [9.17, 15) is 20.1 Å². The molecule has 3 rings (SSSR count). The van der Waals surface area contributed by atoms with Crippen molar-refractivity contribution in [3.63, 3.8) is 0 Å². The maximum Gasteiger partial charge on any atom is 0.163 e. The van der Waals surface area contributed by atoms with Crippen LogP contribution >= 0.6 is 0 Å². The van der Waals surface area contributed by atoms with Gasteiger partial charge in [-0.3, -0.25) is 4.79 Å². The SMILES string of the molecule is CC1(C)CCc2c(O)cc(CCCCCCCCCCCCCC(=O)c3cc(O)cc(O)c3)cc2O1.